The van der Waals surface area contributed by atoms with Gasteiger partial charge in [0.25, 0.3) is 0 Å². The molecule has 3 nitrogen and oxygen atoms in total. The van der Waals surface area contributed by atoms with Crippen LogP contribution in [0.3, 0.4) is 0 Å². The smallest absolute Gasteiger partial charge is 0.129 e. The average molecular weight is 275 g/mol. The van der Waals surface area contributed by atoms with E-state index in [-0.39, 0.29) is 0 Å². The summed E-state index contributed by atoms with van der Waals surface area (Å²) >= 11 is 0. The quantitative estimate of drug-likeness (QED) is 0.857. The Balaban J connectivity index is 2.07. The van der Waals surface area contributed by atoms with Crippen LogP contribution in [0.5, 0.6) is 0 Å². The number of hydrogen-bond acceptors (Lipinski definition) is 3. The van der Waals surface area contributed by atoms with Crippen molar-refractivity contribution >= 4 is 5.82 Å². The maximum Gasteiger partial charge on any atom is 0.129 e. The standard InChI is InChI=1S/C17H29N3/c1-4-8-16-10-5-6-12-20(16)17-11-7-9-15(19-17)13-18-14(2)3/h7,9,11,14,16,18H,4-6,8,10,12-13H2,1-3H3. The summed E-state index contributed by atoms with van der Waals surface area (Å²) in [5.41, 5.74) is 1.15. The average Bonchev–Trinajstić information content (AvgIpc) is 2.46. The van der Waals surface area contributed by atoms with E-state index < -0.39 is 0 Å². The predicted octanol–water partition coefficient (Wildman–Crippen LogP) is 3.74. The fourth-order valence-corrected chi connectivity index (χ4v) is 2.97. The second-order valence-corrected chi connectivity index (χ2v) is 6.15. The molecule has 0 aromatic carbocycles. The van der Waals surface area contributed by atoms with Crippen LogP contribution in [0.15, 0.2) is 18.2 Å². The largest absolute Gasteiger partial charge is 0.354 e. The van der Waals surface area contributed by atoms with Crippen molar-refractivity contribution < 1.29 is 0 Å². The van der Waals surface area contributed by atoms with Crippen LogP contribution < -0.4 is 10.2 Å². The maximum absolute atomic E-state index is 4.86. The van der Waals surface area contributed by atoms with Crippen LogP contribution in [0.1, 0.15) is 58.6 Å². The third kappa shape index (κ3) is 4.20. The number of hydrogen-bond donors (Lipinski definition) is 1. The molecule has 0 aliphatic carbocycles. The summed E-state index contributed by atoms with van der Waals surface area (Å²) in [5.74, 6) is 1.17. The van der Waals surface area contributed by atoms with Crippen LogP contribution in [0.25, 0.3) is 0 Å². The molecule has 0 amide bonds. The molecular formula is C17H29N3. The molecular weight excluding hydrogens is 246 g/mol. The molecule has 3 heteroatoms. The molecule has 2 rings (SSSR count). The lowest BCUT2D eigenvalue weighted by Crippen LogP contribution is -2.40. The van der Waals surface area contributed by atoms with Gasteiger partial charge < -0.3 is 10.2 Å². The van der Waals surface area contributed by atoms with E-state index in [0.717, 1.165) is 12.2 Å². The zero-order valence-electron chi connectivity index (χ0n) is 13.2. The Hall–Kier alpha value is -1.09. The van der Waals surface area contributed by atoms with Gasteiger partial charge in [-0.15, -0.1) is 0 Å². The topological polar surface area (TPSA) is 28.2 Å². The fraction of sp³-hybridized carbons (Fsp3) is 0.706. The Bertz CT molecular complexity index is 401. The highest BCUT2D eigenvalue weighted by atomic mass is 15.2. The Morgan fingerprint density at radius 2 is 2.20 bits per heavy atom. The number of rotatable bonds is 6. The molecule has 0 saturated carbocycles. The van der Waals surface area contributed by atoms with Crippen molar-refractivity contribution in [3.63, 3.8) is 0 Å². The summed E-state index contributed by atoms with van der Waals surface area (Å²) in [5, 5.41) is 3.45. The van der Waals surface area contributed by atoms with Gasteiger partial charge in [-0.25, -0.2) is 4.98 Å². The van der Waals surface area contributed by atoms with E-state index in [1.54, 1.807) is 0 Å². The first kappa shape index (κ1) is 15.3. The molecule has 1 fully saturated rings. The lowest BCUT2D eigenvalue weighted by Gasteiger charge is -2.37. The van der Waals surface area contributed by atoms with E-state index in [9.17, 15) is 0 Å². The van der Waals surface area contributed by atoms with E-state index in [1.165, 1.54) is 44.5 Å². The highest BCUT2D eigenvalue weighted by Gasteiger charge is 2.22. The first-order chi connectivity index (χ1) is 9.70. The van der Waals surface area contributed by atoms with Crippen molar-refractivity contribution in [1.29, 1.82) is 0 Å². The minimum absolute atomic E-state index is 0.503. The van der Waals surface area contributed by atoms with Gasteiger partial charge in [-0.1, -0.05) is 33.3 Å². The molecule has 20 heavy (non-hydrogen) atoms. The monoisotopic (exact) mass is 275 g/mol. The Morgan fingerprint density at radius 1 is 1.35 bits per heavy atom. The summed E-state index contributed by atoms with van der Waals surface area (Å²) in [4.78, 5) is 7.40. The van der Waals surface area contributed by atoms with Gasteiger partial charge in [0.15, 0.2) is 0 Å². The molecule has 2 heterocycles. The van der Waals surface area contributed by atoms with E-state index >= 15 is 0 Å². The number of anilines is 1. The molecule has 1 unspecified atom stereocenters. The van der Waals surface area contributed by atoms with Crippen molar-refractivity contribution in [3.8, 4) is 0 Å². The molecule has 1 aliphatic heterocycles. The lowest BCUT2D eigenvalue weighted by molar-refractivity contribution is 0.431. The van der Waals surface area contributed by atoms with Crippen LogP contribution in [0.2, 0.25) is 0 Å². The van der Waals surface area contributed by atoms with Crippen molar-refractivity contribution in [3.05, 3.63) is 23.9 Å². The maximum atomic E-state index is 4.86. The summed E-state index contributed by atoms with van der Waals surface area (Å²) in [7, 11) is 0. The second-order valence-electron chi connectivity index (χ2n) is 6.15. The van der Waals surface area contributed by atoms with Crippen molar-refractivity contribution in [2.45, 2.75) is 71.5 Å². The second kappa shape index (κ2) is 7.63. The Kier molecular flexibility index (Phi) is 5.84. The van der Waals surface area contributed by atoms with Crippen LogP contribution in [-0.2, 0) is 6.54 Å². The van der Waals surface area contributed by atoms with E-state index in [2.05, 4.69) is 49.2 Å². The van der Waals surface area contributed by atoms with Gasteiger partial charge in [-0.3, -0.25) is 0 Å². The van der Waals surface area contributed by atoms with Crippen LogP contribution in [-0.4, -0.2) is 23.6 Å². The summed E-state index contributed by atoms with van der Waals surface area (Å²) in [6.07, 6.45) is 6.54. The van der Waals surface area contributed by atoms with Gasteiger partial charge >= 0.3 is 0 Å². The zero-order chi connectivity index (χ0) is 14.4. The molecule has 112 valence electrons. The van der Waals surface area contributed by atoms with Gasteiger partial charge in [0, 0.05) is 25.2 Å². The first-order valence-electron chi connectivity index (χ1n) is 8.16. The SMILES string of the molecule is CCCC1CCCCN1c1cccc(CNC(C)C)n1. The van der Waals surface area contributed by atoms with Crippen molar-refractivity contribution in [2.75, 3.05) is 11.4 Å². The molecule has 0 bridgehead atoms. The molecule has 1 saturated heterocycles. The minimum atomic E-state index is 0.503. The molecule has 0 radical (unpaired) electrons. The minimum Gasteiger partial charge on any atom is -0.354 e. The highest BCUT2D eigenvalue weighted by molar-refractivity contribution is 5.41. The zero-order valence-corrected chi connectivity index (χ0v) is 13.2. The molecule has 1 aromatic rings. The molecule has 1 atom stereocenters. The molecule has 1 N–H and O–H groups in total. The fourth-order valence-electron chi connectivity index (χ4n) is 2.97. The van der Waals surface area contributed by atoms with Crippen LogP contribution >= 0.6 is 0 Å². The Labute approximate surface area is 123 Å². The van der Waals surface area contributed by atoms with E-state index in [0.29, 0.717) is 12.1 Å². The number of nitrogens with one attached hydrogen (secondary N) is 1. The predicted molar refractivity (Wildman–Crippen MR) is 86.1 cm³/mol. The van der Waals surface area contributed by atoms with Crippen molar-refractivity contribution in [2.24, 2.45) is 0 Å². The number of nitrogens with zero attached hydrogens (tertiary/aromatic N) is 2. The third-order valence-electron chi connectivity index (χ3n) is 4.03. The summed E-state index contributed by atoms with van der Waals surface area (Å²) < 4.78 is 0. The van der Waals surface area contributed by atoms with Gasteiger partial charge in [0.1, 0.15) is 5.82 Å². The first-order valence-corrected chi connectivity index (χ1v) is 8.16. The summed E-state index contributed by atoms with van der Waals surface area (Å²) in [6, 6.07) is 7.64. The summed E-state index contributed by atoms with van der Waals surface area (Å²) in [6.45, 7) is 8.65. The van der Waals surface area contributed by atoms with Crippen LogP contribution in [0.4, 0.5) is 5.82 Å². The lowest BCUT2D eigenvalue weighted by atomic mass is 9.98. The van der Waals surface area contributed by atoms with Gasteiger partial charge in [0.05, 0.1) is 5.69 Å². The number of aromatic nitrogens is 1. The number of piperidine rings is 1. The highest BCUT2D eigenvalue weighted by Crippen LogP contribution is 2.26. The normalized spacial score (nSPS) is 19.6. The molecule has 1 aromatic heterocycles. The van der Waals surface area contributed by atoms with Gasteiger partial charge in [-0.2, -0.15) is 0 Å². The van der Waals surface area contributed by atoms with E-state index in [4.69, 9.17) is 4.98 Å². The number of pyridine rings is 1. The third-order valence-corrected chi connectivity index (χ3v) is 4.03. The van der Waals surface area contributed by atoms with Gasteiger partial charge in [0.2, 0.25) is 0 Å². The Morgan fingerprint density at radius 3 is 2.95 bits per heavy atom. The van der Waals surface area contributed by atoms with Crippen LogP contribution in [0, 0.1) is 0 Å². The van der Waals surface area contributed by atoms with E-state index in [1.807, 2.05) is 0 Å². The molecule has 0 spiro atoms. The van der Waals surface area contributed by atoms with Crippen molar-refractivity contribution in [1.82, 2.24) is 10.3 Å². The van der Waals surface area contributed by atoms with Gasteiger partial charge in [-0.05, 0) is 37.8 Å². The molecule has 1 aliphatic rings.